The van der Waals surface area contributed by atoms with Crippen LogP contribution < -0.4 is 5.32 Å². The molecule has 1 saturated heterocycles. The van der Waals surface area contributed by atoms with Crippen molar-refractivity contribution >= 4 is 27.3 Å². The van der Waals surface area contributed by atoms with Crippen LogP contribution in [-0.2, 0) is 27.7 Å². The number of aryl methyl sites for hydroxylation is 2. The maximum atomic E-state index is 13.1. The predicted molar refractivity (Wildman–Crippen MR) is 125 cm³/mol. The molecule has 9 nitrogen and oxygen atoms in total. The van der Waals surface area contributed by atoms with Gasteiger partial charge in [0.15, 0.2) is 0 Å². The molecule has 1 aliphatic carbocycles. The van der Waals surface area contributed by atoms with E-state index in [4.69, 9.17) is 0 Å². The molecule has 0 unspecified atom stereocenters. The average molecular weight is 473 g/mol. The molecule has 2 aromatic carbocycles. The number of amides is 1. The lowest BCUT2D eigenvalue weighted by molar-refractivity contribution is -0.385. The zero-order valence-electron chi connectivity index (χ0n) is 18.6. The Bertz CT molecular complexity index is 1170. The van der Waals surface area contributed by atoms with Gasteiger partial charge in [0, 0.05) is 45.2 Å². The van der Waals surface area contributed by atoms with Crippen molar-refractivity contribution in [1.82, 2.24) is 9.21 Å². The Hall–Kier alpha value is -2.82. The fourth-order valence-electron chi connectivity index (χ4n) is 4.48. The summed E-state index contributed by atoms with van der Waals surface area (Å²) in [6.45, 7) is 3.96. The number of nitro groups is 1. The highest BCUT2D eigenvalue weighted by atomic mass is 32.2. The number of rotatable bonds is 7. The number of fused-ring (bicyclic) bond motifs is 1. The Morgan fingerprint density at radius 2 is 1.82 bits per heavy atom. The third-order valence-electron chi connectivity index (χ3n) is 6.47. The van der Waals surface area contributed by atoms with Crippen LogP contribution in [0.15, 0.2) is 41.3 Å². The minimum atomic E-state index is -3.52. The smallest absolute Gasteiger partial charge is 0.274 e. The van der Waals surface area contributed by atoms with Gasteiger partial charge in [0.25, 0.3) is 5.69 Å². The van der Waals surface area contributed by atoms with Crippen LogP contribution >= 0.6 is 0 Å². The summed E-state index contributed by atoms with van der Waals surface area (Å²) in [5, 5.41) is 13.8. The van der Waals surface area contributed by atoms with E-state index >= 15 is 0 Å². The average Bonchev–Trinajstić information content (AvgIpc) is 3.27. The highest BCUT2D eigenvalue weighted by Gasteiger charge is 2.29. The van der Waals surface area contributed by atoms with Gasteiger partial charge in [-0.15, -0.1) is 0 Å². The molecule has 33 heavy (non-hydrogen) atoms. The SMILES string of the molecule is Cc1c(NC(=O)CCN2CCN(S(=O)(=O)c3ccc4c(c3)CCC4)CC2)cccc1[N+](=O)[O-]. The summed E-state index contributed by atoms with van der Waals surface area (Å²) in [6, 6.07) is 10.1. The van der Waals surface area contributed by atoms with E-state index < -0.39 is 14.9 Å². The van der Waals surface area contributed by atoms with Crippen LogP contribution in [0.5, 0.6) is 0 Å². The van der Waals surface area contributed by atoms with Crippen molar-refractivity contribution in [3.8, 4) is 0 Å². The summed E-state index contributed by atoms with van der Waals surface area (Å²) in [5.74, 6) is -0.230. The van der Waals surface area contributed by atoms with Gasteiger partial charge in [-0.2, -0.15) is 4.31 Å². The highest BCUT2D eigenvalue weighted by Crippen LogP contribution is 2.27. The molecular weight excluding hydrogens is 444 g/mol. The van der Waals surface area contributed by atoms with E-state index in [0.717, 1.165) is 24.8 Å². The van der Waals surface area contributed by atoms with E-state index in [1.165, 1.54) is 15.9 Å². The maximum absolute atomic E-state index is 13.1. The largest absolute Gasteiger partial charge is 0.326 e. The number of benzene rings is 2. The first kappa shape index (κ1) is 23.3. The van der Waals surface area contributed by atoms with Crippen molar-refractivity contribution in [3.05, 3.63) is 63.2 Å². The fraction of sp³-hybridized carbons (Fsp3) is 0.435. The fourth-order valence-corrected chi connectivity index (χ4v) is 5.95. The number of carbonyl (C=O) groups excluding carboxylic acids is 1. The lowest BCUT2D eigenvalue weighted by Gasteiger charge is -2.33. The normalized spacial score (nSPS) is 17.0. The summed E-state index contributed by atoms with van der Waals surface area (Å²) in [7, 11) is -3.52. The quantitative estimate of drug-likeness (QED) is 0.490. The monoisotopic (exact) mass is 472 g/mol. The van der Waals surface area contributed by atoms with Crippen molar-refractivity contribution in [2.75, 3.05) is 38.0 Å². The molecular formula is C23H28N4O5S. The number of piperazine rings is 1. The molecule has 0 bridgehead atoms. The Morgan fingerprint density at radius 1 is 1.09 bits per heavy atom. The molecule has 176 valence electrons. The van der Waals surface area contributed by atoms with Crippen molar-refractivity contribution in [2.24, 2.45) is 0 Å². The number of carbonyl (C=O) groups is 1. The summed E-state index contributed by atoms with van der Waals surface area (Å²) in [4.78, 5) is 25.4. The van der Waals surface area contributed by atoms with Crippen LogP contribution in [-0.4, -0.2) is 61.2 Å². The van der Waals surface area contributed by atoms with Gasteiger partial charge in [0.1, 0.15) is 0 Å². The Labute approximate surface area is 193 Å². The molecule has 2 aromatic rings. The van der Waals surface area contributed by atoms with E-state index in [2.05, 4.69) is 10.2 Å². The van der Waals surface area contributed by atoms with Crippen molar-refractivity contribution < 1.29 is 18.1 Å². The van der Waals surface area contributed by atoms with Gasteiger partial charge >= 0.3 is 0 Å². The van der Waals surface area contributed by atoms with Crippen LogP contribution in [0.2, 0.25) is 0 Å². The van der Waals surface area contributed by atoms with Gasteiger partial charge in [0.05, 0.1) is 21.1 Å². The van der Waals surface area contributed by atoms with E-state index in [-0.39, 0.29) is 18.0 Å². The number of nitro benzene ring substituents is 1. The maximum Gasteiger partial charge on any atom is 0.274 e. The Kier molecular flexibility index (Phi) is 6.78. The molecule has 0 aromatic heterocycles. The third kappa shape index (κ3) is 5.07. The molecule has 0 spiro atoms. The number of hydrogen-bond donors (Lipinski definition) is 1. The molecule has 0 saturated carbocycles. The first-order chi connectivity index (χ1) is 15.8. The van der Waals surface area contributed by atoms with Crippen molar-refractivity contribution in [2.45, 2.75) is 37.5 Å². The molecule has 1 fully saturated rings. The lowest BCUT2D eigenvalue weighted by atomic mass is 10.1. The van der Waals surface area contributed by atoms with Crippen molar-refractivity contribution in [3.63, 3.8) is 0 Å². The highest BCUT2D eigenvalue weighted by molar-refractivity contribution is 7.89. The van der Waals surface area contributed by atoms with E-state index in [1.807, 2.05) is 12.1 Å². The zero-order chi connectivity index (χ0) is 23.6. The molecule has 1 amide bonds. The molecule has 2 aliphatic rings. The molecule has 1 N–H and O–H groups in total. The number of hydrogen-bond acceptors (Lipinski definition) is 6. The second kappa shape index (κ2) is 9.58. The van der Waals surface area contributed by atoms with Crippen LogP contribution in [0.4, 0.5) is 11.4 Å². The molecule has 4 rings (SSSR count). The third-order valence-corrected chi connectivity index (χ3v) is 8.36. The van der Waals surface area contributed by atoms with E-state index in [0.29, 0.717) is 48.9 Å². The predicted octanol–water partition coefficient (Wildman–Crippen LogP) is 2.73. The van der Waals surface area contributed by atoms with Gasteiger partial charge in [-0.3, -0.25) is 14.9 Å². The number of nitrogens with one attached hydrogen (secondary N) is 1. The molecule has 0 atom stereocenters. The van der Waals surface area contributed by atoms with Gasteiger partial charge in [0.2, 0.25) is 15.9 Å². The second-order valence-electron chi connectivity index (χ2n) is 8.53. The van der Waals surface area contributed by atoms with Crippen LogP contribution in [0.1, 0.15) is 29.5 Å². The molecule has 1 aliphatic heterocycles. The first-order valence-corrected chi connectivity index (χ1v) is 12.6. The lowest BCUT2D eigenvalue weighted by Crippen LogP contribution is -2.49. The summed E-state index contributed by atoms with van der Waals surface area (Å²) in [5.41, 5.74) is 3.20. The Morgan fingerprint density at radius 3 is 2.55 bits per heavy atom. The molecule has 10 heteroatoms. The molecule has 1 heterocycles. The number of anilines is 1. The number of nitrogens with zero attached hydrogens (tertiary/aromatic N) is 3. The van der Waals surface area contributed by atoms with Gasteiger partial charge in [-0.1, -0.05) is 12.1 Å². The topological polar surface area (TPSA) is 113 Å². The Balaban J connectivity index is 1.29. The summed E-state index contributed by atoms with van der Waals surface area (Å²) in [6.07, 6.45) is 3.25. The minimum absolute atomic E-state index is 0.0338. The van der Waals surface area contributed by atoms with E-state index in [9.17, 15) is 23.3 Å². The van der Waals surface area contributed by atoms with Crippen LogP contribution in [0.25, 0.3) is 0 Å². The standard InChI is InChI=1S/C23H28N4O5S/c1-17-21(6-3-7-22(17)27(29)30)24-23(28)10-11-25-12-14-26(15-13-25)33(31,32)20-9-8-18-4-2-5-19(18)16-20/h3,6-9,16H,2,4-5,10-15H2,1H3,(H,24,28). The summed E-state index contributed by atoms with van der Waals surface area (Å²) < 4.78 is 27.7. The second-order valence-corrected chi connectivity index (χ2v) is 10.5. The van der Waals surface area contributed by atoms with E-state index in [1.54, 1.807) is 25.1 Å². The van der Waals surface area contributed by atoms with Crippen molar-refractivity contribution in [1.29, 1.82) is 0 Å². The zero-order valence-corrected chi connectivity index (χ0v) is 19.4. The first-order valence-electron chi connectivity index (χ1n) is 11.1. The van der Waals surface area contributed by atoms with Gasteiger partial charge < -0.3 is 10.2 Å². The van der Waals surface area contributed by atoms with Crippen LogP contribution in [0.3, 0.4) is 0 Å². The molecule has 0 radical (unpaired) electrons. The van der Waals surface area contributed by atoms with Gasteiger partial charge in [-0.25, -0.2) is 8.42 Å². The summed E-state index contributed by atoms with van der Waals surface area (Å²) >= 11 is 0. The van der Waals surface area contributed by atoms with Crippen LogP contribution in [0, 0.1) is 17.0 Å². The van der Waals surface area contributed by atoms with Gasteiger partial charge in [-0.05, 0) is 55.5 Å². The number of sulfonamides is 1. The minimum Gasteiger partial charge on any atom is -0.326 e.